The zero-order valence-electron chi connectivity index (χ0n) is 11.8. The van der Waals surface area contributed by atoms with Crippen molar-refractivity contribution in [2.75, 3.05) is 13.1 Å². The highest BCUT2D eigenvalue weighted by molar-refractivity contribution is 5.19. The van der Waals surface area contributed by atoms with Crippen LogP contribution in [0.2, 0.25) is 0 Å². The predicted molar refractivity (Wildman–Crippen MR) is 74.8 cm³/mol. The Kier molecular flexibility index (Phi) is 4.68. The lowest BCUT2D eigenvalue weighted by Crippen LogP contribution is -2.27. The van der Waals surface area contributed by atoms with Crippen molar-refractivity contribution in [2.45, 2.75) is 33.2 Å². The lowest BCUT2D eigenvalue weighted by atomic mass is 10.0. The highest BCUT2D eigenvalue weighted by Crippen LogP contribution is 2.16. The fraction of sp³-hybridized carbons (Fsp3) is 0.467. The van der Waals surface area contributed by atoms with E-state index in [1.54, 1.807) is 0 Å². The van der Waals surface area contributed by atoms with Gasteiger partial charge in [0.1, 0.15) is 0 Å². The minimum absolute atomic E-state index is 0.495. The third kappa shape index (κ3) is 3.89. The van der Waals surface area contributed by atoms with Crippen molar-refractivity contribution >= 4 is 0 Å². The monoisotopic (exact) mass is 259 g/mol. The summed E-state index contributed by atoms with van der Waals surface area (Å²) >= 11 is 0. The Morgan fingerprint density at radius 2 is 2.00 bits per heavy atom. The molecule has 1 aromatic carbocycles. The molecule has 2 aromatic rings. The minimum atomic E-state index is 0.495. The topological polar surface area (TPSA) is 42.2 Å². The third-order valence-corrected chi connectivity index (χ3v) is 3.28. The van der Waals surface area contributed by atoms with E-state index >= 15 is 0 Å². The average molecular weight is 259 g/mol. The van der Waals surface area contributed by atoms with Gasteiger partial charge in [0.25, 0.3) is 0 Å². The fourth-order valence-electron chi connectivity index (χ4n) is 2.19. The fourth-order valence-corrected chi connectivity index (χ4v) is 2.19. The van der Waals surface area contributed by atoms with Crippen LogP contribution in [-0.2, 0) is 6.54 Å². The standard InChI is InChI=1S/C15H21N3O/c1-4-18(11-15-16-13(3)19-17-15)10-12(2)14-8-6-5-7-9-14/h5-9,12H,4,10-11H2,1-3H3/t12-/m0/s1. The van der Waals surface area contributed by atoms with Crippen LogP contribution in [0.4, 0.5) is 0 Å². The molecule has 0 N–H and O–H groups in total. The van der Waals surface area contributed by atoms with Crippen molar-refractivity contribution in [3.05, 3.63) is 47.6 Å². The molecule has 0 saturated carbocycles. The van der Waals surface area contributed by atoms with Crippen LogP contribution >= 0.6 is 0 Å². The number of hydrogen-bond donors (Lipinski definition) is 0. The quantitative estimate of drug-likeness (QED) is 0.799. The second-order valence-corrected chi connectivity index (χ2v) is 4.87. The van der Waals surface area contributed by atoms with Gasteiger partial charge in [-0.3, -0.25) is 4.90 Å². The maximum Gasteiger partial charge on any atom is 0.223 e. The molecule has 2 rings (SSSR count). The summed E-state index contributed by atoms with van der Waals surface area (Å²) in [6, 6.07) is 10.6. The molecule has 4 nitrogen and oxygen atoms in total. The van der Waals surface area contributed by atoms with Crippen LogP contribution < -0.4 is 0 Å². The van der Waals surface area contributed by atoms with Crippen molar-refractivity contribution < 1.29 is 4.52 Å². The average Bonchev–Trinajstić information content (AvgIpc) is 2.84. The second-order valence-electron chi connectivity index (χ2n) is 4.87. The minimum Gasteiger partial charge on any atom is -0.340 e. The van der Waals surface area contributed by atoms with E-state index in [1.807, 2.05) is 6.92 Å². The molecule has 0 aliphatic heterocycles. The number of aryl methyl sites for hydroxylation is 1. The highest BCUT2D eigenvalue weighted by Gasteiger charge is 2.13. The molecule has 19 heavy (non-hydrogen) atoms. The van der Waals surface area contributed by atoms with E-state index in [1.165, 1.54) is 5.56 Å². The molecule has 0 saturated heterocycles. The molecule has 0 aliphatic carbocycles. The van der Waals surface area contributed by atoms with Gasteiger partial charge in [0, 0.05) is 13.5 Å². The van der Waals surface area contributed by atoms with Crippen LogP contribution in [0.1, 0.15) is 37.0 Å². The lowest BCUT2D eigenvalue weighted by Gasteiger charge is -2.23. The van der Waals surface area contributed by atoms with Crippen molar-refractivity contribution in [3.8, 4) is 0 Å². The largest absolute Gasteiger partial charge is 0.340 e. The van der Waals surface area contributed by atoms with Crippen LogP contribution in [0.5, 0.6) is 0 Å². The number of benzene rings is 1. The molecule has 1 heterocycles. The van der Waals surface area contributed by atoms with Crippen LogP contribution in [-0.4, -0.2) is 28.1 Å². The predicted octanol–water partition coefficient (Wildman–Crippen LogP) is 3.00. The Hall–Kier alpha value is -1.68. The molecular formula is C15H21N3O. The Balaban J connectivity index is 1.95. The van der Waals surface area contributed by atoms with E-state index in [9.17, 15) is 0 Å². The zero-order chi connectivity index (χ0) is 13.7. The van der Waals surface area contributed by atoms with Gasteiger partial charge in [0.2, 0.25) is 5.89 Å². The molecule has 0 unspecified atom stereocenters. The van der Waals surface area contributed by atoms with Gasteiger partial charge in [-0.1, -0.05) is 49.3 Å². The van der Waals surface area contributed by atoms with Crippen molar-refractivity contribution in [1.29, 1.82) is 0 Å². The number of nitrogens with zero attached hydrogens (tertiary/aromatic N) is 3. The van der Waals surface area contributed by atoms with Gasteiger partial charge in [-0.15, -0.1) is 0 Å². The Bertz CT molecular complexity index is 495. The van der Waals surface area contributed by atoms with E-state index in [0.29, 0.717) is 11.8 Å². The van der Waals surface area contributed by atoms with Gasteiger partial charge < -0.3 is 4.52 Å². The smallest absolute Gasteiger partial charge is 0.223 e. The van der Waals surface area contributed by atoms with E-state index in [-0.39, 0.29) is 0 Å². The summed E-state index contributed by atoms with van der Waals surface area (Å²) in [4.78, 5) is 6.59. The van der Waals surface area contributed by atoms with Gasteiger partial charge in [0.05, 0.1) is 6.54 Å². The molecule has 0 bridgehead atoms. The molecular weight excluding hydrogens is 238 g/mol. The number of aromatic nitrogens is 2. The van der Waals surface area contributed by atoms with Crippen LogP contribution in [0.25, 0.3) is 0 Å². The zero-order valence-corrected chi connectivity index (χ0v) is 11.8. The summed E-state index contributed by atoms with van der Waals surface area (Å²) in [5, 5.41) is 3.96. The van der Waals surface area contributed by atoms with Crippen molar-refractivity contribution in [1.82, 2.24) is 15.0 Å². The normalized spacial score (nSPS) is 12.8. The molecule has 0 spiro atoms. The number of rotatable bonds is 6. The Morgan fingerprint density at radius 1 is 1.26 bits per heavy atom. The number of likely N-dealkylation sites (N-methyl/N-ethyl adjacent to an activating group) is 1. The van der Waals surface area contributed by atoms with E-state index < -0.39 is 0 Å². The van der Waals surface area contributed by atoms with Gasteiger partial charge in [0.15, 0.2) is 5.82 Å². The summed E-state index contributed by atoms with van der Waals surface area (Å²) in [5.74, 6) is 1.89. The van der Waals surface area contributed by atoms with E-state index in [4.69, 9.17) is 4.52 Å². The Morgan fingerprint density at radius 3 is 2.58 bits per heavy atom. The SMILES string of the molecule is CCN(Cc1noc(C)n1)C[C@H](C)c1ccccc1. The van der Waals surface area contributed by atoms with Gasteiger partial charge in [-0.2, -0.15) is 4.98 Å². The first kappa shape index (κ1) is 13.7. The lowest BCUT2D eigenvalue weighted by molar-refractivity contribution is 0.254. The summed E-state index contributed by atoms with van der Waals surface area (Å²) in [7, 11) is 0. The second kappa shape index (κ2) is 6.48. The molecule has 0 aliphatic rings. The molecule has 1 aromatic heterocycles. The molecule has 0 fully saturated rings. The van der Waals surface area contributed by atoms with Crippen LogP contribution in [0, 0.1) is 6.92 Å². The Labute approximate surface area is 114 Å². The van der Waals surface area contributed by atoms with E-state index in [0.717, 1.165) is 25.5 Å². The first-order valence-electron chi connectivity index (χ1n) is 6.75. The van der Waals surface area contributed by atoms with Crippen LogP contribution in [0.15, 0.2) is 34.9 Å². The maximum absolute atomic E-state index is 5.01. The highest BCUT2D eigenvalue weighted by atomic mass is 16.5. The molecule has 1 atom stereocenters. The number of hydrogen-bond acceptors (Lipinski definition) is 4. The summed E-state index contributed by atoms with van der Waals surface area (Å²) in [5.41, 5.74) is 1.37. The van der Waals surface area contributed by atoms with Crippen LogP contribution in [0.3, 0.4) is 0 Å². The maximum atomic E-state index is 5.01. The molecule has 0 radical (unpaired) electrons. The van der Waals surface area contributed by atoms with Crippen molar-refractivity contribution in [2.24, 2.45) is 0 Å². The van der Waals surface area contributed by atoms with Gasteiger partial charge in [-0.05, 0) is 18.0 Å². The van der Waals surface area contributed by atoms with Crippen molar-refractivity contribution in [3.63, 3.8) is 0 Å². The van der Waals surface area contributed by atoms with Gasteiger partial charge in [-0.25, -0.2) is 0 Å². The summed E-state index contributed by atoms with van der Waals surface area (Å²) < 4.78 is 5.01. The molecule has 102 valence electrons. The molecule has 0 amide bonds. The third-order valence-electron chi connectivity index (χ3n) is 3.28. The summed E-state index contributed by atoms with van der Waals surface area (Å²) in [6.45, 7) is 8.94. The van der Waals surface area contributed by atoms with E-state index in [2.05, 4.69) is 59.2 Å². The first-order valence-corrected chi connectivity index (χ1v) is 6.75. The summed E-state index contributed by atoms with van der Waals surface area (Å²) in [6.07, 6.45) is 0. The first-order chi connectivity index (χ1) is 9.19. The van der Waals surface area contributed by atoms with Gasteiger partial charge >= 0.3 is 0 Å². The molecule has 4 heteroatoms.